The number of hydrogen-bond acceptors (Lipinski definition) is 2. The van der Waals surface area contributed by atoms with Crippen LogP contribution in [0.4, 0.5) is 0 Å². The summed E-state index contributed by atoms with van der Waals surface area (Å²) < 4.78 is 1.97. The first-order chi connectivity index (χ1) is 10.0. The molecule has 0 saturated carbocycles. The molecule has 0 fully saturated rings. The maximum atomic E-state index is 6.28. The fourth-order valence-corrected chi connectivity index (χ4v) is 2.86. The van der Waals surface area contributed by atoms with Gasteiger partial charge in [0.1, 0.15) is 0 Å². The summed E-state index contributed by atoms with van der Waals surface area (Å²) in [7, 11) is 2.00. The average molecular weight is 306 g/mol. The van der Waals surface area contributed by atoms with Crippen LogP contribution in [0.25, 0.3) is 0 Å². The Morgan fingerprint density at radius 3 is 2.71 bits per heavy atom. The van der Waals surface area contributed by atoms with E-state index < -0.39 is 0 Å². The Balaban J connectivity index is 2.29. The van der Waals surface area contributed by atoms with Gasteiger partial charge in [0.2, 0.25) is 0 Å². The van der Waals surface area contributed by atoms with Gasteiger partial charge >= 0.3 is 0 Å². The third kappa shape index (κ3) is 3.86. The largest absolute Gasteiger partial charge is 0.310 e. The molecule has 1 aromatic carbocycles. The van der Waals surface area contributed by atoms with Gasteiger partial charge in [0.15, 0.2) is 0 Å². The first kappa shape index (κ1) is 16.1. The van der Waals surface area contributed by atoms with Crippen LogP contribution in [0.2, 0.25) is 5.02 Å². The maximum absolute atomic E-state index is 6.28. The predicted octanol–water partition coefficient (Wildman–Crippen LogP) is 3.97. The molecule has 3 nitrogen and oxygen atoms in total. The van der Waals surface area contributed by atoms with Crippen molar-refractivity contribution in [2.75, 3.05) is 6.54 Å². The predicted molar refractivity (Wildman–Crippen MR) is 88.9 cm³/mol. The van der Waals surface area contributed by atoms with E-state index in [1.54, 1.807) is 0 Å². The van der Waals surface area contributed by atoms with Crippen molar-refractivity contribution in [3.05, 3.63) is 51.8 Å². The number of nitrogens with zero attached hydrogens (tertiary/aromatic N) is 2. The van der Waals surface area contributed by atoms with E-state index in [0.29, 0.717) is 0 Å². The maximum Gasteiger partial charge on any atom is 0.0596 e. The molecule has 114 valence electrons. The van der Waals surface area contributed by atoms with Gasteiger partial charge < -0.3 is 5.32 Å². The summed E-state index contributed by atoms with van der Waals surface area (Å²) in [6, 6.07) is 8.56. The van der Waals surface area contributed by atoms with Crippen LogP contribution in [0.15, 0.2) is 24.3 Å². The van der Waals surface area contributed by atoms with Crippen LogP contribution in [-0.2, 0) is 13.5 Å². The summed E-state index contributed by atoms with van der Waals surface area (Å²) in [5.41, 5.74) is 4.73. The Morgan fingerprint density at radius 2 is 2.10 bits per heavy atom. The lowest BCUT2D eigenvalue weighted by Crippen LogP contribution is -2.25. The molecule has 0 amide bonds. The number of benzene rings is 1. The van der Waals surface area contributed by atoms with Gasteiger partial charge in [-0.15, -0.1) is 0 Å². The molecule has 1 heterocycles. The number of rotatable bonds is 6. The quantitative estimate of drug-likeness (QED) is 0.875. The van der Waals surface area contributed by atoms with Crippen LogP contribution >= 0.6 is 11.6 Å². The fourth-order valence-electron chi connectivity index (χ4n) is 2.68. The number of nitrogens with one attached hydrogen (secondary N) is 1. The van der Waals surface area contributed by atoms with Crippen molar-refractivity contribution < 1.29 is 0 Å². The zero-order chi connectivity index (χ0) is 15.4. The molecule has 0 aliphatic rings. The van der Waals surface area contributed by atoms with E-state index in [-0.39, 0.29) is 6.04 Å². The van der Waals surface area contributed by atoms with Crippen molar-refractivity contribution in [3.8, 4) is 0 Å². The first-order valence-corrected chi connectivity index (χ1v) is 7.88. The molecule has 0 saturated heterocycles. The number of aromatic nitrogens is 2. The molecule has 0 radical (unpaired) electrons. The van der Waals surface area contributed by atoms with E-state index in [9.17, 15) is 0 Å². The van der Waals surface area contributed by atoms with Crippen LogP contribution in [0.5, 0.6) is 0 Å². The fraction of sp³-hybridized carbons (Fsp3) is 0.471. The minimum atomic E-state index is 0.262. The van der Waals surface area contributed by atoms with Gasteiger partial charge in [-0.1, -0.05) is 30.7 Å². The second-order valence-electron chi connectivity index (χ2n) is 5.57. The number of aryl methyl sites for hydroxylation is 2. The zero-order valence-corrected chi connectivity index (χ0v) is 14.0. The van der Waals surface area contributed by atoms with Crippen LogP contribution in [0.3, 0.4) is 0 Å². The van der Waals surface area contributed by atoms with Gasteiger partial charge in [0.25, 0.3) is 0 Å². The van der Waals surface area contributed by atoms with E-state index in [1.807, 2.05) is 30.8 Å². The lowest BCUT2D eigenvalue weighted by Gasteiger charge is -2.21. The van der Waals surface area contributed by atoms with Gasteiger partial charge in [-0.05, 0) is 50.1 Å². The minimum Gasteiger partial charge on any atom is -0.310 e. The van der Waals surface area contributed by atoms with Crippen LogP contribution in [0, 0.1) is 13.8 Å². The van der Waals surface area contributed by atoms with Crippen LogP contribution in [-0.4, -0.2) is 16.3 Å². The van der Waals surface area contributed by atoms with Gasteiger partial charge in [-0.3, -0.25) is 4.68 Å². The Labute approximate surface area is 132 Å². The third-order valence-corrected chi connectivity index (χ3v) is 4.25. The molecule has 1 atom stereocenters. The Morgan fingerprint density at radius 1 is 1.33 bits per heavy atom. The molecule has 21 heavy (non-hydrogen) atoms. The van der Waals surface area contributed by atoms with Crippen LogP contribution < -0.4 is 5.32 Å². The highest BCUT2D eigenvalue weighted by molar-refractivity contribution is 6.31. The highest BCUT2D eigenvalue weighted by Gasteiger charge is 2.17. The van der Waals surface area contributed by atoms with Crippen molar-refractivity contribution in [2.24, 2.45) is 7.05 Å². The molecule has 1 N–H and O–H groups in total. The zero-order valence-electron chi connectivity index (χ0n) is 13.3. The molecular weight excluding hydrogens is 282 g/mol. The standard InChI is InChI=1S/C17H24ClN3/c1-5-9-19-17(11-14-10-12(2)20-21(14)4)15-7-6-8-16(18)13(15)3/h6-8,10,17,19H,5,9,11H2,1-4H3. The van der Waals surface area contributed by atoms with Gasteiger partial charge in [0, 0.05) is 30.2 Å². The summed E-state index contributed by atoms with van der Waals surface area (Å²) >= 11 is 6.28. The number of halogens is 1. The summed E-state index contributed by atoms with van der Waals surface area (Å²) in [5.74, 6) is 0. The molecule has 2 aromatic rings. The normalized spacial score (nSPS) is 12.6. The van der Waals surface area contributed by atoms with Gasteiger partial charge in [-0.2, -0.15) is 5.10 Å². The summed E-state index contributed by atoms with van der Waals surface area (Å²) in [6.07, 6.45) is 2.03. The minimum absolute atomic E-state index is 0.262. The van der Waals surface area contributed by atoms with Gasteiger partial charge in [-0.25, -0.2) is 0 Å². The van der Waals surface area contributed by atoms with Crippen LogP contribution in [0.1, 0.15) is 41.9 Å². The van der Waals surface area contributed by atoms with Crippen molar-refractivity contribution in [1.29, 1.82) is 0 Å². The summed E-state index contributed by atoms with van der Waals surface area (Å²) in [5, 5.41) is 8.91. The molecule has 4 heteroatoms. The topological polar surface area (TPSA) is 29.9 Å². The highest BCUT2D eigenvalue weighted by atomic mass is 35.5. The molecule has 0 aliphatic heterocycles. The van der Waals surface area contributed by atoms with Crippen molar-refractivity contribution in [3.63, 3.8) is 0 Å². The summed E-state index contributed by atoms with van der Waals surface area (Å²) in [4.78, 5) is 0. The molecule has 0 bridgehead atoms. The van der Waals surface area contributed by atoms with E-state index in [4.69, 9.17) is 11.6 Å². The summed E-state index contributed by atoms with van der Waals surface area (Å²) in [6.45, 7) is 7.30. The Bertz CT molecular complexity index is 604. The van der Waals surface area contributed by atoms with E-state index >= 15 is 0 Å². The number of hydrogen-bond donors (Lipinski definition) is 1. The second-order valence-corrected chi connectivity index (χ2v) is 5.97. The SMILES string of the molecule is CCCNC(Cc1cc(C)nn1C)c1cccc(Cl)c1C. The first-order valence-electron chi connectivity index (χ1n) is 7.50. The molecule has 0 aliphatic carbocycles. The van der Waals surface area contributed by atoms with Crippen molar-refractivity contribution in [2.45, 2.75) is 39.7 Å². The van der Waals surface area contributed by atoms with E-state index in [2.05, 4.69) is 36.4 Å². The molecule has 2 rings (SSSR count). The molecule has 1 aromatic heterocycles. The molecule has 1 unspecified atom stereocenters. The third-order valence-electron chi connectivity index (χ3n) is 3.84. The molecular formula is C17H24ClN3. The Kier molecular flexibility index (Phi) is 5.43. The van der Waals surface area contributed by atoms with Gasteiger partial charge in [0.05, 0.1) is 5.69 Å². The smallest absolute Gasteiger partial charge is 0.0596 e. The molecule has 0 spiro atoms. The lowest BCUT2D eigenvalue weighted by molar-refractivity contribution is 0.510. The van der Waals surface area contributed by atoms with Crippen molar-refractivity contribution in [1.82, 2.24) is 15.1 Å². The highest BCUT2D eigenvalue weighted by Crippen LogP contribution is 2.26. The van der Waals surface area contributed by atoms with Crippen molar-refractivity contribution >= 4 is 11.6 Å². The van der Waals surface area contributed by atoms with E-state index in [0.717, 1.165) is 35.7 Å². The Hall–Kier alpha value is -1.32. The lowest BCUT2D eigenvalue weighted by atomic mass is 9.97. The second kappa shape index (κ2) is 7.10. The van der Waals surface area contributed by atoms with E-state index in [1.165, 1.54) is 11.3 Å². The monoisotopic (exact) mass is 305 g/mol. The average Bonchev–Trinajstić information content (AvgIpc) is 2.76.